The quantitative estimate of drug-likeness (QED) is 0.856. The van der Waals surface area contributed by atoms with Crippen LogP contribution in [0.25, 0.3) is 0 Å². The van der Waals surface area contributed by atoms with E-state index in [9.17, 15) is 8.42 Å². The van der Waals surface area contributed by atoms with Crippen molar-refractivity contribution in [3.63, 3.8) is 0 Å². The van der Waals surface area contributed by atoms with E-state index in [1.54, 1.807) is 0 Å². The molecular formula is C12H19N3O2S. The number of imidazole rings is 1. The zero-order valence-corrected chi connectivity index (χ0v) is 11.2. The Morgan fingerprint density at radius 3 is 2.89 bits per heavy atom. The van der Waals surface area contributed by atoms with Gasteiger partial charge in [-0.2, -0.15) is 0 Å². The Morgan fingerprint density at radius 1 is 1.39 bits per heavy atom. The SMILES string of the molecule is O=S1(=O)CCC(CNCc2cncn2C2CC2)C1. The molecule has 1 saturated carbocycles. The van der Waals surface area contributed by atoms with Gasteiger partial charge in [-0.05, 0) is 31.7 Å². The fourth-order valence-corrected chi connectivity index (χ4v) is 4.45. The second kappa shape index (κ2) is 4.66. The maximum absolute atomic E-state index is 11.3. The van der Waals surface area contributed by atoms with Crippen LogP contribution in [0.4, 0.5) is 0 Å². The van der Waals surface area contributed by atoms with Gasteiger partial charge < -0.3 is 9.88 Å². The summed E-state index contributed by atoms with van der Waals surface area (Å²) < 4.78 is 24.9. The van der Waals surface area contributed by atoms with E-state index in [0.29, 0.717) is 17.5 Å². The molecule has 1 aliphatic carbocycles. The predicted octanol–water partition coefficient (Wildman–Crippen LogP) is 0.742. The van der Waals surface area contributed by atoms with Crippen LogP contribution in [0.3, 0.4) is 0 Å². The van der Waals surface area contributed by atoms with Gasteiger partial charge in [0.15, 0.2) is 9.84 Å². The molecule has 5 nitrogen and oxygen atoms in total. The molecule has 0 bridgehead atoms. The summed E-state index contributed by atoms with van der Waals surface area (Å²) in [5, 5.41) is 3.37. The molecule has 18 heavy (non-hydrogen) atoms. The van der Waals surface area contributed by atoms with Gasteiger partial charge in [0.1, 0.15) is 0 Å². The van der Waals surface area contributed by atoms with Crippen LogP contribution in [0.1, 0.15) is 31.0 Å². The molecule has 1 unspecified atom stereocenters. The van der Waals surface area contributed by atoms with Gasteiger partial charge in [0.25, 0.3) is 0 Å². The maximum Gasteiger partial charge on any atom is 0.150 e. The minimum absolute atomic E-state index is 0.285. The van der Waals surface area contributed by atoms with E-state index in [1.165, 1.54) is 18.5 Å². The average Bonchev–Trinajstić information content (AvgIpc) is 2.96. The van der Waals surface area contributed by atoms with E-state index in [2.05, 4.69) is 14.9 Å². The van der Waals surface area contributed by atoms with Crippen molar-refractivity contribution in [2.45, 2.75) is 31.8 Å². The highest BCUT2D eigenvalue weighted by molar-refractivity contribution is 7.91. The van der Waals surface area contributed by atoms with E-state index >= 15 is 0 Å². The van der Waals surface area contributed by atoms with Gasteiger partial charge in [0.05, 0.1) is 23.5 Å². The monoisotopic (exact) mass is 269 g/mol. The first kappa shape index (κ1) is 12.2. The Bertz CT molecular complexity index is 519. The highest BCUT2D eigenvalue weighted by Crippen LogP contribution is 2.35. The smallest absolute Gasteiger partial charge is 0.150 e. The van der Waals surface area contributed by atoms with Crippen molar-refractivity contribution < 1.29 is 8.42 Å². The largest absolute Gasteiger partial charge is 0.330 e. The Balaban J connectivity index is 1.48. The molecule has 3 rings (SSSR count). The van der Waals surface area contributed by atoms with Gasteiger partial charge in [-0.25, -0.2) is 13.4 Å². The Kier molecular flexibility index (Phi) is 3.15. The number of sulfone groups is 1. The van der Waals surface area contributed by atoms with Crippen LogP contribution in [-0.2, 0) is 16.4 Å². The van der Waals surface area contributed by atoms with E-state index < -0.39 is 9.84 Å². The summed E-state index contributed by atoms with van der Waals surface area (Å²) in [6.45, 7) is 1.57. The summed E-state index contributed by atoms with van der Waals surface area (Å²) in [5.41, 5.74) is 1.21. The summed E-state index contributed by atoms with van der Waals surface area (Å²) in [7, 11) is -2.75. The van der Waals surface area contributed by atoms with Gasteiger partial charge in [-0.1, -0.05) is 0 Å². The normalized spacial score (nSPS) is 26.6. The van der Waals surface area contributed by atoms with Crippen LogP contribution in [0.15, 0.2) is 12.5 Å². The molecule has 1 aromatic rings. The fraction of sp³-hybridized carbons (Fsp3) is 0.750. The van der Waals surface area contributed by atoms with Crippen molar-refractivity contribution >= 4 is 9.84 Å². The van der Waals surface area contributed by atoms with Gasteiger partial charge in [0.2, 0.25) is 0 Å². The number of hydrogen-bond acceptors (Lipinski definition) is 4. The molecule has 0 radical (unpaired) electrons. The molecule has 1 atom stereocenters. The van der Waals surface area contributed by atoms with Crippen LogP contribution >= 0.6 is 0 Å². The topological polar surface area (TPSA) is 64.0 Å². The molecule has 2 heterocycles. The number of nitrogens with one attached hydrogen (secondary N) is 1. The minimum atomic E-state index is -2.75. The van der Waals surface area contributed by atoms with Crippen molar-refractivity contribution in [2.75, 3.05) is 18.1 Å². The lowest BCUT2D eigenvalue weighted by atomic mass is 10.1. The molecule has 1 saturated heterocycles. The third-order valence-electron chi connectivity index (χ3n) is 3.75. The Morgan fingerprint density at radius 2 is 2.22 bits per heavy atom. The maximum atomic E-state index is 11.3. The third-order valence-corrected chi connectivity index (χ3v) is 5.59. The summed E-state index contributed by atoms with van der Waals surface area (Å²) in [6, 6.07) is 0.649. The molecule has 1 aliphatic heterocycles. The predicted molar refractivity (Wildman–Crippen MR) is 69.0 cm³/mol. The highest BCUT2D eigenvalue weighted by Gasteiger charge is 2.28. The summed E-state index contributed by atoms with van der Waals surface area (Å²) >= 11 is 0. The van der Waals surface area contributed by atoms with Crippen molar-refractivity contribution in [1.29, 1.82) is 0 Å². The van der Waals surface area contributed by atoms with Crippen molar-refractivity contribution in [3.8, 4) is 0 Å². The lowest BCUT2D eigenvalue weighted by molar-refractivity contribution is 0.510. The molecule has 0 spiro atoms. The van der Waals surface area contributed by atoms with Gasteiger partial charge >= 0.3 is 0 Å². The fourth-order valence-electron chi connectivity index (χ4n) is 2.59. The van der Waals surface area contributed by atoms with Crippen LogP contribution in [0.5, 0.6) is 0 Å². The first-order valence-corrected chi connectivity index (χ1v) is 8.38. The number of hydrogen-bond donors (Lipinski definition) is 1. The lowest BCUT2D eigenvalue weighted by Crippen LogP contribution is -2.24. The van der Waals surface area contributed by atoms with Gasteiger partial charge in [-0.15, -0.1) is 0 Å². The van der Waals surface area contributed by atoms with E-state index in [-0.39, 0.29) is 5.92 Å². The third kappa shape index (κ3) is 2.75. The van der Waals surface area contributed by atoms with E-state index in [4.69, 9.17) is 0 Å². The lowest BCUT2D eigenvalue weighted by Gasteiger charge is -2.11. The second-order valence-corrected chi connectivity index (χ2v) is 7.65. The molecule has 100 valence electrons. The second-order valence-electron chi connectivity index (χ2n) is 5.42. The summed E-state index contributed by atoms with van der Waals surface area (Å²) in [4.78, 5) is 4.18. The highest BCUT2D eigenvalue weighted by atomic mass is 32.2. The van der Waals surface area contributed by atoms with Crippen molar-refractivity contribution in [3.05, 3.63) is 18.2 Å². The Hall–Kier alpha value is -0.880. The average molecular weight is 269 g/mol. The standard InChI is InChI=1S/C12H19N3O2S/c16-18(17)4-3-10(8-18)5-13-6-12-7-14-9-15(12)11-1-2-11/h7,9-11,13H,1-6,8H2. The number of rotatable bonds is 5. The van der Waals surface area contributed by atoms with E-state index in [0.717, 1.165) is 19.5 Å². The molecule has 6 heteroatoms. The summed E-state index contributed by atoms with van der Waals surface area (Å²) in [5.74, 6) is 0.994. The molecule has 2 fully saturated rings. The summed E-state index contributed by atoms with van der Waals surface area (Å²) in [6.07, 6.45) is 7.11. The molecule has 2 aliphatic rings. The number of nitrogens with zero attached hydrogens (tertiary/aromatic N) is 2. The van der Waals surface area contributed by atoms with Crippen LogP contribution in [0.2, 0.25) is 0 Å². The zero-order chi connectivity index (χ0) is 12.6. The van der Waals surface area contributed by atoms with E-state index in [1.807, 2.05) is 12.5 Å². The molecule has 0 amide bonds. The van der Waals surface area contributed by atoms with Crippen molar-refractivity contribution in [2.24, 2.45) is 5.92 Å². The van der Waals surface area contributed by atoms with Crippen LogP contribution < -0.4 is 5.32 Å². The Labute approximate surface area is 108 Å². The molecular weight excluding hydrogens is 250 g/mol. The molecule has 0 aromatic carbocycles. The van der Waals surface area contributed by atoms with Crippen molar-refractivity contribution in [1.82, 2.24) is 14.9 Å². The number of aromatic nitrogens is 2. The minimum Gasteiger partial charge on any atom is -0.330 e. The molecule has 1 N–H and O–H groups in total. The first-order valence-electron chi connectivity index (χ1n) is 6.56. The van der Waals surface area contributed by atoms with Gasteiger partial charge in [0, 0.05) is 18.8 Å². The van der Waals surface area contributed by atoms with Gasteiger partial charge in [-0.3, -0.25) is 0 Å². The van der Waals surface area contributed by atoms with Crippen LogP contribution in [0, 0.1) is 5.92 Å². The van der Waals surface area contributed by atoms with Crippen LogP contribution in [-0.4, -0.2) is 36.0 Å². The molecule has 1 aromatic heterocycles. The zero-order valence-electron chi connectivity index (χ0n) is 10.4. The first-order chi connectivity index (χ1) is 8.64.